The molecule has 2 amide bonds. The molecule has 4 atom stereocenters. The summed E-state index contributed by atoms with van der Waals surface area (Å²) in [6.07, 6.45) is 2.79. The number of aromatic nitrogens is 1. The van der Waals surface area contributed by atoms with E-state index in [4.69, 9.17) is 0 Å². The maximum absolute atomic E-state index is 13.0. The Balaban J connectivity index is 1.68. The molecule has 27 heavy (non-hydrogen) atoms. The summed E-state index contributed by atoms with van der Waals surface area (Å²) in [5.74, 6) is -0.520. The number of hydrogen-bond acceptors (Lipinski definition) is 6. The van der Waals surface area contributed by atoms with Crippen molar-refractivity contribution in [1.82, 2.24) is 20.7 Å². The number of aliphatic carboxylic acids is 1. The van der Waals surface area contributed by atoms with Gasteiger partial charge in [0.1, 0.15) is 16.7 Å². The second kappa shape index (κ2) is 8.66. The van der Waals surface area contributed by atoms with Crippen molar-refractivity contribution in [3.8, 4) is 0 Å². The number of carboxylic acids is 1. The van der Waals surface area contributed by atoms with Crippen molar-refractivity contribution in [3.63, 3.8) is 0 Å². The van der Waals surface area contributed by atoms with Crippen LogP contribution in [0.1, 0.15) is 37.6 Å². The van der Waals surface area contributed by atoms with E-state index in [1.54, 1.807) is 0 Å². The molecular formula is C17H23BrN4O4S. The number of hydrogen-bond donors (Lipinski definition) is 3. The Kier molecular flexibility index (Phi) is 6.48. The lowest BCUT2D eigenvalue weighted by Crippen LogP contribution is -2.60. The topological polar surface area (TPSA) is 112 Å². The predicted molar refractivity (Wildman–Crippen MR) is 103 cm³/mol. The highest BCUT2D eigenvalue weighted by Crippen LogP contribution is 2.40. The fraction of sp³-hybridized carbons (Fsp3) is 0.647. The molecule has 1 aliphatic heterocycles. The summed E-state index contributed by atoms with van der Waals surface area (Å²) in [5.41, 5.74) is 2.76. The molecule has 0 radical (unpaired) electrons. The number of nitrogens with one attached hydrogen (secondary N) is 2. The third-order valence-corrected chi connectivity index (χ3v) is 6.59. The number of nitrogens with zero attached hydrogens (tertiary/aromatic N) is 2. The number of thiazole rings is 1. The SMILES string of the molecule is C[C@H]1C[C@@H]1CC(=O)N[C@@H](Cc1nc(Br)cs1)C(=O)N1CCC[C@@H](C(=O)O)N1. The number of carboxylic acid groups (broad SMARTS) is 1. The molecule has 8 nitrogen and oxygen atoms in total. The lowest BCUT2D eigenvalue weighted by molar-refractivity contribution is -0.148. The molecule has 2 heterocycles. The molecule has 1 aromatic rings. The van der Waals surface area contributed by atoms with Crippen LogP contribution in [0.25, 0.3) is 0 Å². The maximum atomic E-state index is 13.0. The standard InChI is InChI=1S/C17H23BrN4O4S/c1-9-5-10(9)6-14(23)19-12(7-15-20-13(18)8-27-15)16(24)22-4-2-3-11(21-22)17(25)26/h8-12,21H,2-7H2,1H3,(H,19,23)(H,25,26)/t9-,10+,11-,12-/m0/s1. The zero-order valence-electron chi connectivity index (χ0n) is 15.0. The van der Waals surface area contributed by atoms with Crippen molar-refractivity contribution in [2.75, 3.05) is 6.54 Å². The van der Waals surface area contributed by atoms with E-state index in [0.717, 1.165) is 11.4 Å². The van der Waals surface area contributed by atoms with Crippen molar-refractivity contribution < 1.29 is 19.5 Å². The molecule has 3 N–H and O–H groups in total. The van der Waals surface area contributed by atoms with Gasteiger partial charge < -0.3 is 10.4 Å². The van der Waals surface area contributed by atoms with Crippen LogP contribution in [-0.4, -0.2) is 51.5 Å². The molecule has 2 aliphatic rings. The Morgan fingerprint density at radius 1 is 1.52 bits per heavy atom. The Hall–Kier alpha value is -1.52. The summed E-state index contributed by atoms with van der Waals surface area (Å²) in [6, 6.07) is -1.56. The summed E-state index contributed by atoms with van der Waals surface area (Å²) in [4.78, 5) is 40.9. The van der Waals surface area contributed by atoms with Crippen LogP contribution >= 0.6 is 27.3 Å². The summed E-state index contributed by atoms with van der Waals surface area (Å²) < 4.78 is 0.689. The highest BCUT2D eigenvalue weighted by atomic mass is 79.9. The summed E-state index contributed by atoms with van der Waals surface area (Å²) >= 11 is 4.70. The van der Waals surface area contributed by atoms with Crippen LogP contribution in [0, 0.1) is 11.8 Å². The van der Waals surface area contributed by atoms with Gasteiger partial charge in [-0.1, -0.05) is 6.92 Å². The molecule has 0 aromatic carbocycles. The first-order valence-corrected chi connectivity index (χ1v) is 10.7. The highest BCUT2D eigenvalue weighted by molar-refractivity contribution is 9.10. The number of carbonyl (C=O) groups excluding carboxylic acids is 2. The highest BCUT2D eigenvalue weighted by Gasteiger charge is 2.36. The van der Waals surface area contributed by atoms with Crippen LogP contribution in [0.5, 0.6) is 0 Å². The predicted octanol–water partition coefficient (Wildman–Crippen LogP) is 1.56. The van der Waals surface area contributed by atoms with Crippen LogP contribution in [0.15, 0.2) is 9.98 Å². The molecule has 0 unspecified atom stereocenters. The van der Waals surface area contributed by atoms with E-state index >= 15 is 0 Å². The fourth-order valence-corrected chi connectivity index (χ4v) is 4.55. The third-order valence-electron chi connectivity index (χ3n) is 5.01. The van der Waals surface area contributed by atoms with E-state index < -0.39 is 18.1 Å². The zero-order chi connectivity index (χ0) is 19.6. The van der Waals surface area contributed by atoms with Gasteiger partial charge in [0.05, 0.1) is 5.01 Å². The molecule has 1 saturated carbocycles. The van der Waals surface area contributed by atoms with Gasteiger partial charge in [0.15, 0.2) is 0 Å². The molecule has 1 aliphatic carbocycles. The van der Waals surface area contributed by atoms with Gasteiger partial charge in [-0.05, 0) is 47.0 Å². The van der Waals surface area contributed by atoms with Crippen LogP contribution in [0.4, 0.5) is 0 Å². The molecule has 3 rings (SSSR count). The van der Waals surface area contributed by atoms with E-state index in [1.807, 2.05) is 5.38 Å². The number of amides is 2. The second-order valence-electron chi connectivity index (χ2n) is 7.22. The summed E-state index contributed by atoms with van der Waals surface area (Å²) in [7, 11) is 0. The summed E-state index contributed by atoms with van der Waals surface area (Å²) in [5, 5.41) is 15.9. The molecular weight excluding hydrogens is 436 g/mol. The van der Waals surface area contributed by atoms with Gasteiger partial charge >= 0.3 is 5.97 Å². The van der Waals surface area contributed by atoms with E-state index in [2.05, 4.69) is 38.6 Å². The first kappa shape index (κ1) is 20.2. The van der Waals surface area contributed by atoms with E-state index in [9.17, 15) is 19.5 Å². The number of halogens is 1. The quantitative estimate of drug-likeness (QED) is 0.571. The van der Waals surface area contributed by atoms with Gasteiger partial charge in [0, 0.05) is 24.8 Å². The van der Waals surface area contributed by atoms with Crippen LogP contribution in [0.3, 0.4) is 0 Å². The Bertz CT molecular complexity index is 728. The van der Waals surface area contributed by atoms with Gasteiger partial charge in [-0.3, -0.25) is 19.4 Å². The minimum absolute atomic E-state index is 0.148. The molecule has 1 aromatic heterocycles. The van der Waals surface area contributed by atoms with E-state index in [0.29, 0.717) is 42.2 Å². The zero-order valence-corrected chi connectivity index (χ0v) is 17.4. The van der Waals surface area contributed by atoms with Gasteiger partial charge in [0.2, 0.25) is 5.91 Å². The minimum atomic E-state index is -0.986. The summed E-state index contributed by atoms with van der Waals surface area (Å²) in [6.45, 7) is 2.52. The smallest absolute Gasteiger partial charge is 0.322 e. The Morgan fingerprint density at radius 3 is 2.85 bits per heavy atom. The number of carbonyl (C=O) groups is 3. The van der Waals surface area contributed by atoms with E-state index in [-0.39, 0.29) is 18.2 Å². The minimum Gasteiger partial charge on any atom is -0.480 e. The van der Waals surface area contributed by atoms with Crippen molar-refractivity contribution in [1.29, 1.82) is 0 Å². The second-order valence-corrected chi connectivity index (χ2v) is 8.97. The number of hydrazine groups is 1. The van der Waals surface area contributed by atoms with Crippen molar-refractivity contribution in [3.05, 3.63) is 15.0 Å². The van der Waals surface area contributed by atoms with Gasteiger partial charge in [-0.2, -0.15) is 0 Å². The molecule has 0 spiro atoms. The third kappa shape index (κ3) is 5.49. The first-order chi connectivity index (χ1) is 12.8. The van der Waals surface area contributed by atoms with Gasteiger partial charge in [-0.15, -0.1) is 11.3 Å². The monoisotopic (exact) mass is 458 g/mol. The average Bonchev–Trinajstić information content (AvgIpc) is 3.15. The van der Waals surface area contributed by atoms with Crippen molar-refractivity contribution in [2.45, 2.75) is 51.1 Å². The molecule has 10 heteroatoms. The van der Waals surface area contributed by atoms with Crippen molar-refractivity contribution in [2.24, 2.45) is 11.8 Å². The fourth-order valence-electron chi connectivity index (χ4n) is 3.24. The molecule has 148 valence electrons. The molecule has 2 fully saturated rings. The van der Waals surface area contributed by atoms with Crippen molar-refractivity contribution >= 4 is 45.1 Å². The first-order valence-electron chi connectivity index (χ1n) is 9.03. The average molecular weight is 459 g/mol. The Labute approximate surface area is 169 Å². The van der Waals surface area contributed by atoms with Gasteiger partial charge in [0.25, 0.3) is 5.91 Å². The Morgan fingerprint density at radius 2 is 2.26 bits per heavy atom. The maximum Gasteiger partial charge on any atom is 0.322 e. The van der Waals surface area contributed by atoms with E-state index in [1.165, 1.54) is 16.3 Å². The molecule has 0 bridgehead atoms. The van der Waals surface area contributed by atoms with Crippen LogP contribution in [0.2, 0.25) is 0 Å². The molecule has 1 saturated heterocycles. The van der Waals surface area contributed by atoms with Gasteiger partial charge in [-0.25, -0.2) is 10.4 Å². The number of rotatable bonds is 7. The van der Waals surface area contributed by atoms with Crippen LogP contribution in [-0.2, 0) is 20.8 Å². The lowest BCUT2D eigenvalue weighted by atomic mass is 10.1. The van der Waals surface area contributed by atoms with Crippen LogP contribution < -0.4 is 10.7 Å². The normalized spacial score (nSPS) is 25.7. The largest absolute Gasteiger partial charge is 0.480 e. The lowest BCUT2D eigenvalue weighted by Gasteiger charge is -2.34.